The van der Waals surface area contributed by atoms with Crippen molar-refractivity contribution >= 4 is 5.91 Å². The molecule has 22 heavy (non-hydrogen) atoms. The Balaban J connectivity index is 1.55. The second-order valence-corrected chi connectivity index (χ2v) is 4.58. The molecule has 3 aromatic rings. The van der Waals surface area contributed by atoms with Gasteiger partial charge in [-0.2, -0.15) is 4.98 Å². The van der Waals surface area contributed by atoms with Crippen LogP contribution in [0.15, 0.2) is 51.6 Å². The lowest BCUT2D eigenvalue weighted by atomic mass is 10.1. The third-order valence-corrected chi connectivity index (χ3v) is 2.90. The first-order chi connectivity index (χ1) is 10.7. The Bertz CT molecular complexity index is 768. The summed E-state index contributed by atoms with van der Waals surface area (Å²) in [6.45, 7) is 0.123. The Morgan fingerprint density at radius 1 is 1.27 bits per heavy atom. The Labute approximate surface area is 124 Å². The smallest absolute Gasteiger partial charge is 0.293 e. The summed E-state index contributed by atoms with van der Waals surface area (Å²) >= 11 is 0. The predicted octanol–water partition coefficient (Wildman–Crippen LogP) is 2.33. The van der Waals surface area contributed by atoms with E-state index in [4.69, 9.17) is 8.94 Å². The van der Waals surface area contributed by atoms with Crippen LogP contribution < -0.4 is 5.32 Å². The summed E-state index contributed by atoms with van der Waals surface area (Å²) in [4.78, 5) is 15.9. The van der Waals surface area contributed by atoms with Gasteiger partial charge in [0.25, 0.3) is 5.89 Å². The van der Waals surface area contributed by atoms with Crippen molar-refractivity contribution < 1.29 is 18.1 Å². The summed E-state index contributed by atoms with van der Waals surface area (Å²) in [5.41, 5.74) is 0.599. The average molecular weight is 301 g/mol. The molecule has 2 heterocycles. The van der Waals surface area contributed by atoms with Crippen LogP contribution in [0.5, 0.6) is 0 Å². The van der Waals surface area contributed by atoms with Crippen LogP contribution in [0, 0.1) is 5.82 Å². The van der Waals surface area contributed by atoms with Crippen molar-refractivity contribution in [3.63, 3.8) is 0 Å². The normalized spacial score (nSPS) is 10.6. The number of carbonyl (C=O) groups is 1. The number of hydrogen-bond acceptors (Lipinski definition) is 5. The van der Waals surface area contributed by atoms with Crippen molar-refractivity contribution in [3.8, 4) is 11.7 Å². The van der Waals surface area contributed by atoms with Gasteiger partial charge in [0.1, 0.15) is 5.82 Å². The van der Waals surface area contributed by atoms with Gasteiger partial charge < -0.3 is 14.3 Å². The number of furan rings is 1. The second-order valence-electron chi connectivity index (χ2n) is 4.58. The second kappa shape index (κ2) is 6.21. The molecule has 0 fully saturated rings. The van der Waals surface area contributed by atoms with Crippen LogP contribution in [0.3, 0.4) is 0 Å². The van der Waals surface area contributed by atoms with Crippen LogP contribution in [-0.2, 0) is 17.8 Å². The van der Waals surface area contributed by atoms with Gasteiger partial charge in [-0.3, -0.25) is 4.79 Å². The van der Waals surface area contributed by atoms with Gasteiger partial charge in [0, 0.05) is 0 Å². The summed E-state index contributed by atoms with van der Waals surface area (Å²) in [6, 6.07) is 9.30. The van der Waals surface area contributed by atoms with Crippen LogP contribution in [-0.4, -0.2) is 16.0 Å². The lowest BCUT2D eigenvalue weighted by Gasteiger charge is -2.02. The van der Waals surface area contributed by atoms with Crippen LogP contribution in [0.1, 0.15) is 11.4 Å². The molecule has 0 unspecified atom stereocenters. The van der Waals surface area contributed by atoms with Gasteiger partial charge in [-0.1, -0.05) is 17.3 Å². The Kier molecular flexibility index (Phi) is 3.95. The lowest BCUT2D eigenvalue weighted by Crippen LogP contribution is -2.25. The van der Waals surface area contributed by atoms with E-state index in [0.717, 1.165) is 0 Å². The van der Waals surface area contributed by atoms with Crippen molar-refractivity contribution in [3.05, 3.63) is 59.9 Å². The maximum absolute atomic E-state index is 13.0. The molecule has 0 aliphatic rings. The van der Waals surface area contributed by atoms with E-state index in [-0.39, 0.29) is 30.6 Å². The van der Waals surface area contributed by atoms with Gasteiger partial charge in [0.15, 0.2) is 11.6 Å². The minimum absolute atomic E-state index is 0.0840. The largest absolute Gasteiger partial charge is 0.459 e. The summed E-state index contributed by atoms with van der Waals surface area (Å²) in [5, 5.41) is 6.39. The molecule has 7 heteroatoms. The van der Waals surface area contributed by atoms with Gasteiger partial charge in [-0.15, -0.1) is 0 Å². The first-order valence-electron chi connectivity index (χ1n) is 6.58. The molecule has 0 spiro atoms. The molecule has 2 aromatic heterocycles. The van der Waals surface area contributed by atoms with Crippen LogP contribution in [0.4, 0.5) is 4.39 Å². The number of rotatable bonds is 5. The average Bonchev–Trinajstić information content (AvgIpc) is 3.16. The van der Waals surface area contributed by atoms with E-state index in [1.165, 1.54) is 18.4 Å². The van der Waals surface area contributed by atoms with E-state index in [1.54, 1.807) is 24.3 Å². The molecule has 0 bridgehead atoms. The standard InChI is InChI=1S/C15H12FN3O3/c16-11-4-1-3-10(7-11)8-14(20)17-9-13-18-15(22-19-13)12-5-2-6-21-12/h1-7H,8-9H2,(H,17,20). The molecule has 0 saturated heterocycles. The monoisotopic (exact) mass is 301 g/mol. The summed E-state index contributed by atoms with van der Waals surface area (Å²) < 4.78 is 23.2. The van der Waals surface area contributed by atoms with E-state index in [9.17, 15) is 9.18 Å². The first-order valence-corrected chi connectivity index (χ1v) is 6.58. The van der Waals surface area contributed by atoms with Gasteiger partial charge >= 0.3 is 0 Å². The predicted molar refractivity (Wildman–Crippen MR) is 74.0 cm³/mol. The summed E-state index contributed by atoms with van der Waals surface area (Å²) in [5.74, 6) is 0.421. The molecule has 0 aliphatic heterocycles. The lowest BCUT2D eigenvalue weighted by molar-refractivity contribution is -0.120. The zero-order valence-corrected chi connectivity index (χ0v) is 11.5. The minimum atomic E-state index is -0.369. The van der Waals surface area contributed by atoms with Crippen LogP contribution in [0.2, 0.25) is 0 Å². The fourth-order valence-corrected chi connectivity index (χ4v) is 1.90. The molecular formula is C15H12FN3O3. The van der Waals surface area contributed by atoms with Crippen molar-refractivity contribution in [1.29, 1.82) is 0 Å². The maximum Gasteiger partial charge on any atom is 0.293 e. The molecule has 6 nitrogen and oxygen atoms in total. The van der Waals surface area contributed by atoms with Crippen molar-refractivity contribution in [2.24, 2.45) is 0 Å². The number of halogens is 1. The number of amides is 1. The Morgan fingerprint density at radius 3 is 2.95 bits per heavy atom. The highest BCUT2D eigenvalue weighted by molar-refractivity contribution is 5.78. The van der Waals surface area contributed by atoms with Crippen LogP contribution >= 0.6 is 0 Å². The number of hydrogen-bond donors (Lipinski definition) is 1. The van der Waals surface area contributed by atoms with Crippen molar-refractivity contribution in [1.82, 2.24) is 15.5 Å². The van der Waals surface area contributed by atoms with E-state index in [0.29, 0.717) is 17.1 Å². The minimum Gasteiger partial charge on any atom is -0.459 e. The fourth-order valence-electron chi connectivity index (χ4n) is 1.90. The zero-order valence-electron chi connectivity index (χ0n) is 11.5. The number of benzene rings is 1. The third-order valence-electron chi connectivity index (χ3n) is 2.90. The molecule has 1 aromatic carbocycles. The molecule has 0 aliphatic carbocycles. The van der Waals surface area contributed by atoms with E-state index < -0.39 is 0 Å². The molecule has 1 N–H and O–H groups in total. The number of carbonyl (C=O) groups excluding carboxylic acids is 1. The molecule has 0 saturated carbocycles. The SMILES string of the molecule is O=C(Cc1cccc(F)c1)NCc1noc(-c2ccco2)n1. The quantitative estimate of drug-likeness (QED) is 0.782. The molecule has 1 amide bonds. The molecule has 3 rings (SSSR count). The van der Waals surface area contributed by atoms with E-state index >= 15 is 0 Å². The first kappa shape index (κ1) is 14.0. The number of nitrogens with zero attached hydrogens (tertiary/aromatic N) is 2. The highest BCUT2D eigenvalue weighted by Gasteiger charge is 2.12. The summed E-state index contributed by atoms with van der Waals surface area (Å²) in [6.07, 6.45) is 1.58. The fraction of sp³-hybridized carbons (Fsp3) is 0.133. The van der Waals surface area contributed by atoms with E-state index in [2.05, 4.69) is 15.5 Å². The van der Waals surface area contributed by atoms with Crippen molar-refractivity contribution in [2.45, 2.75) is 13.0 Å². The topological polar surface area (TPSA) is 81.2 Å². The number of aromatic nitrogens is 2. The maximum atomic E-state index is 13.0. The highest BCUT2D eigenvalue weighted by atomic mass is 19.1. The van der Waals surface area contributed by atoms with Gasteiger partial charge in [0.05, 0.1) is 19.2 Å². The zero-order chi connectivity index (χ0) is 15.4. The molecule has 112 valence electrons. The Hall–Kier alpha value is -2.96. The number of nitrogens with one attached hydrogen (secondary N) is 1. The van der Waals surface area contributed by atoms with Crippen LogP contribution in [0.25, 0.3) is 11.7 Å². The molecular weight excluding hydrogens is 289 g/mol. The van der Waals surface area contributed by atoms with Gasteiger partial charge in [0.2, 0.25) is 5.91 Å². The Morgan fingerprint density at radius 2 is 2.18 bits per heavy atom. The van der Waals surface area contributed by atoms with E-state index in [1.807, 2.05) is 0 Å². The third kappa shape index (κ3) is 3.38. The molecule has 0 atom stereocenters. The van der Waals surface area contributed by atoms with Gasteiger partial charge in [-0.25, -0.2) is 4.39 Å². The molecule has 0 radical (unpaired) electrons. The van der Waals surface area contributed by atoms with Gasteiger partial charge in [-0.05, 0) is 29.8 Å². The summed E-state index contributed by atoms with van der Waals surface area (Å²) in [7, 11) is 0. The highest BCUT2D eigenvalue weighted by Crippen LogP contribution is 2.16. The van der Waals surface area contributed by atoms with Crippen molar-refractivity contribution in [2.75, 3.05) is 0 Å².